The molecule has 0 bridgehead atoms. The average molecular weight is 193 g/mol. The van der Waals surface area contributed by atoms with E-state index in [0.717, 1.165) is 11.4 Å². The summed E-state index contributed by atoms with van der Waals surface area (Å²) in [4.78, 5) is 5.68. The van der Waals surface area contributed by atoms with Crippen LogP contribution in [-0.4, -0.2) is 14.6 Å². The lowest BCUT2D eigenvalue weighted by molar-refractivity contribution is 0.641. The van der Waals surface area contributed by atoms with E-state index in [0.29, 0.717) is 5.92 Å². The van der Waals surface area contributed by atoms with Crippen molar-refractivity contribution in [3.05, 3.63) is 16.9 Å². The molecular formula is C9H11N3S. The van der Waals surface area contributed by atoms with Crippen LogP contribution in [0.25, 0.3) is 4.96 Å². The molecule has 0 saturated carbocycles. The standard InChI is InChI=1S/C9H11N3S/c1-2-6-3-4-7-8(6)11-9-12(7)10-5-13-9/h5-6H,2-4H2,1H3. The van der Waals surface area contributed by atoms with Crippen LogP contribution in [0.2, 0.25) is 0 Å². The van der Waals surface area contributed by atoms with E-state index >= 15 is 0 Å². The molecule has 1 atom stereocenters. The fraction of sp³-hybridized carbons (Fsp3) is 0.556. The average Bonchev–Trinajstić information content (AvgIpc) is 2.72. The molecule has 3 nitrogen and oxygen atoms in total. The van der Waals surface area contributed by atoms with E-state index < -0.39 is 0 Å². The normalized spacial score (nSPS) is 21.2. The van der Waals surface area contributed by atoms with Gasteiger partial charge in [0.15, 0.2) is 0 Å². The van der Waals surface area contributed by atoms with Crippen molar-refractivity contribution in [1.82, 2.24) is 14.6 Å². The molecule has 3 rings (SSSR count). The summed E-state index contributed by atoms with van der Waals surface area (Å²) in [7, 11) is 0. The van der Waals surface area contributed by atoms with Crippen LogP contribution in [0.15, 0.2) is 5.51 Å². The zero-order chi connectivity index (χ0) is 8.84. The lowest BCUT2D eigenvalue weighted by atomic mass is 10.1. The fourth-order valence-corrected chi connectivity index (χ4v) is 2.80. The van der Waals surface area contributed by atoms with Crippen molar-refractivity contribution in [2.24, 2.45) is 0 Å². The highest BCUT2D eigenvalue weighted by atomic mass is 32.1. The van der Waals surface area contributed by atoms with Gasteiger partial charge < -0.3 is 0 Å². The monoisotopic (exact) mass is 193 g/mol. The highest BCUT2D eigenvalue weighted by Gasteiger charge is 2.27. The van der Waals surface area contributed by atoms with Gasteiger partial charge in [-0.05, 0) is 19.3 Å². The van der Waals surface area contributed by atoms with E-state index in [2.05, 4.69) is 17.0 Å². The van der Waals surface area contributed by atoms with Crippen LogP contribution < -0.4 is 0 Å². The van der Waals surface area contributed by atoms with Crippen LogP contribution in [0, 0.1) is 0 Å². The summed E-state index contributed by atoms with van der Waals surface area (Å²) in [6.45, 7) is 2.24. The smallest absolute Gasteiger partial charge is 0.212 e. The molecule has 1 aliphatic carbocycles. The molecule has 0 amide bonds. The van der Waals surface area contributed by atoms with Gasteiger partial charge in [-0.15, -0.1) is 0 Å². The summed E-state index contributed by atoms with van der Waals surface area (Å²) >= 11 is 1.62. The molecule has 1 unspecified atom stereocenters. The highest BCUT2D eigenvalue weighted by Crippen LogP contribution is 2.35. The maximum absolute atomic E-state index is 4.62. The first-order valence-corrected chi connectivity index (χ1v) is 5.59. The van der Waals surface area contributed by atoms with Gasteiger partial charge in [0.2, 0.25) is 4.96 Å². The number of rotatable bonds is 1. The van der Waals surface area contributed by atoms with Crippen LogP contribution in [0.4, 0.5) is 0 Å². The Balaban J connectivity index is 2.25. The minimum atomic E-state index is 0.684. The molecule has 0 aliphatic heterocycles. The number of hydrogen-bond donors (Lipinski definition) is 0. The predicted molar refractivity (Wildman–Crippen MR) is 52.2 cm³/mol. The van der Waals surface area contributed by atoms with Crippen molar-refractivity contribution >= 4 is 16.3 Å². The molecule has 0 fully saturated rings. The third kappa shape index (κ3) is 0.892. The van der Waals surface area contributed by atoms with Gasteiger partial charge >= 0.3 is 0 Å². The molecule has 0 aromatic carbocycles. The van der Waals surface area contributed by atoms with E-state index in [1.807, 2.05) is 10.0 Å². The van der Waals surface area contributed by atoms with Crippen LogP contribution in [-0.2, 0) is 6.42 Å². The summed E-state index contributed by atoms with van der Waals surface area (Å²) < 4.78 is 2.01. The molecule has 2 aromatic rings. The minimum Gasteiger partial charge on any atom is -0.222 e. The Labute approximate surface area is 80.4 Å². The Morgan fingerprint density at radius 1 is 1.69 bits per heavy atom. The Morgan fingerprint density at radius 3 is 3.46 bits per heavy atom. The first-order chi connectivity index (χ1) is 6.40. The summed E-state index contributed by atoms with van der Waals surface area (Å²) in [5, 5.41) is 4.29. The zero-order valence-corrected chi connectivity index (χ0v) is 8.34. The van der Waals surface area contributed by atoms with E-state index in [-0.39, 0.29) is 0 Å². The zero-order valence-electron chi connectivity index (χ0n) is 7.53. The topological polar surface area (TPSA) is 30.2 Å². The van der Waals surface area contributed by atoms with Gasteiger partial charge in [-0.25, -0.2) is 9.50 Å². The Hall–Kier alpha value is -0.900. The van der Waals surface area contributed by atoms with Crippen molar-refractivity contribution < 1.29 is 0 Å². The van der Waals surface area contributed by atoms with Crippen LogP contribution in [0.3, 0.4) is 0 Å². The quantitative estimate of drug-likeness (QED) is 0.695. The Morgan fingerprint density at radius 2 is 2.62 bits per heavy atom. The van der Waals surface area contributed by atoms with Crippen LogP contribution in [0.5, 0.6) is 0 Å². The summed E-state index contributed by atoms with van der Waals surface area (Å²) in [5.41, 5.74) is 4.52. The van der Waals surface area contributed by atoms with Gasteiger partial charge in [-0.3, -0.25) is 0 Å². The summed E-state index contributed by atoms with van der Waals surface area (Å²) in [6, 6.07) is 0. The van der Waals surface area contributed by atoms with E-state index in [1.54, 1.807) is 11.3 Å². The Bertz CT molecular complexity index is 443. The van der Waals surface area contributed by atoms with Crippen molar-refractivity contribution in [1.29, 1.82) is 0 Å². The number of nitrogens with zero attached hydrogens (tertiary/aromatic N) is 3. The first-order valence-electron chi connectivity index (χ1n) is 4.71. The SMILES string of the molecule is CCC1CCc2c1nc1scnn21. The third-order valence-electron chi connectivity index (χ3n) is 2.88. The van der Waals surface area contributed by atoms with Crippen LogP contribution in [0.1, 0.15) is 37.1 Å². The molecule has 1 aliphatic rings. The van der Waals surface area contributed by atoms with Gasteiger partial charge in [0.25, 0.3) is 0 Å². The maximum Gasteiger partial charge on any atom is 0.212 e. The lowest BCUT2D eigenvalue weighted by Crippen LogP contribution is -1.90. The molecule has 2 heterocycles. The maximum atomic E-state index is 4.62. The third-order valence-corrected chi connectivity index (χ3v) is 3.55. The first kappa shape index (κ1) is 7.50. The van der Waals surface area contributed by atoms with E-state index in [9.17, 15) is 0 Å². The van der Waals surface area contributed by atoms with Crippen molar-refractivity contribution in [2.45, 2.75) is 32.1 Å². The van der Waals surface area contributed by atoms with E-state index in [4.69, 9.17) is 0 Å². The van der Waals surface area contributed by atoms with Gasteiger partial charge in [-0.1, -0.05) is 18.3 Å². The van der Waals surface area contributed by atoms with Crippen LogP contribution >= 0.6 is 11.3 Å². The van der Waals surface area contributed by atoms with Gasteiger partial charge in [0.1, 0.15) is 5.51 Å². The van der Waals surface area contributed by atoms with Gasteiger partial charge in [-0.2, -0.15) is 5.10 Å². The molecule has 0 N–H and O–H groups in total. The second-order valence-electron chi connectivity index (χ2n) is 3.52. The highest BCUT2D eigenvalue weighted by molar-refractivity contribution is 7.14. The summed E-state index contributed by atoms with van der Waals surface area (Å²) in [6.07, 6.45) is 3.62. The molecule has 68 valence electrons. The van der Waals surface area contributed by atoms with Crippen molar-refractivity contribution in [3.63, 3.8) is 0 Å². The van der Waals surface area contributed by atoms with Crippen molar-refractivity contribution in [3.8, 4) is 0 Å². The van der Waals surface area contributed by atoms with E-state index in [1.165, 1.54) is 24.2 Å². The molecule has 0 spiro atoms. The molecule has 13 heavy (non-hydrogen) atoms. The van der Waals surface area contributed by atoms with Crippen molar-refractivity contribution in [2.75, 3.05) is 0 Å². The Kier molecular flexibility index (Phi) is 1.47. The number of fused-ring (bicyclic) bond motifs is 3. The molecule has 0 saturated heterocycles. The number of imidazole rings is 1. The second kappa shape index (κ2) is 2.54. The number of aromatic nitrogens is 3. The lowest BCUT2D eigenvalue weighted by Gasteiger charge is -2.01. The van der Waals surface area contributed by atoms with Gasteiger partial charge in [0, 0.05) is 5.92 Å². The molecule has 0 radical (unpaired) electrons. The minimum absolute atomic E-state index is 0.684. The number of aryl methyl sites for hydroxylation is 1. The fourth-order valence-electron chi connectivity index (χ4n) is 2.16. The predicted octanol–water partition coefficient (Wildman–Crippen LogP) is 2.23. The largest absolute Gasteiger partial charge is 0.222 e. The molecule has 2 aromatic heterocycles. The number of hydrogen-bond acceptors (Lipinski definition) is 3. The molecular weight excluding hydrogens is 182 g/mol. The molecule has 4 heteroatoms. The second-order valence-corrected chi connectivity index (χ2v) is 4.33. The van der Waals surface area contributed by atoms with Gasteiger partial charge in [0.05, 0.1) is 11.4 Å². The summed E-state index contributed by atoms with van der Waals surface area (Å²) in [5.74, 6) is 0.684.